The van der Waals surface area contributed by atoms with E-state index in [0.717, 1.165) is 170 Å². The fourth-order valence-corrected chi connectivity index (χ4v) is 16.8. The van der Waals surface area contributed by atoms with Crippen molar-refractivity contribution in [1.82, 2.24) is 15.0 Å². The number of para-hydroxylation sites is 12. The summed E-state index contributed by atoms with van der Waals surface area (Å²) in [7, 11) is 0. The van der Waals surface area contributed by atoms with Crippen molar-refractivity contribution < 1.29 is 20.1 Å². The van der Waals surface area contributed by atoms with Crippen LogP contribution in [0.25, 0.3) is 67.2 Å². The molecular weight excluding hydrogens is 1800 g/mol. The zero-order valence-electron chi connectivity index (χ0n) is 73.1. The van der Waals surface area contributed by atoms with Crippen molar-refractivity contribution in [2.45, 2.75) is 0 Å². The molecule has 0 aliphatic carbocycles. The minimum Gasteiger partial charge on any atom is -0.310 e. The standard InChI is InChI=1S/3C41H31N3.Ir/c3*1-5-18-35(19-6-1)43(36-20-7-2-8-21-36)39-29-34(32-16-15-17-33(28-32)41-26-13-14-27-42-41)30-40(31-39)44(37-22-9-3-10-23-37)38-24-11-4-12-25-38;/h3*1-31H;/q;;;+3. The Bertz CT molecular complexity index is 5990. The SMILES string of the molecule is [Ir+3].c1ccc(N(c2ccccc2)c2cc(-c3cccc(-c4ccccn4)c3)cc(N(c3ccccc3)c3ccccc3)c2)cc1.c1ccc(N(c2ccccc2)c2cc(-c3cccc(-c4ccccn4)c3)cc(N(c3ccccc3)c3ccccc3)c2)cc1.c1ccc(N(c2ccccc2)c2cc(-c3cccc(-c4ccccn4)c3)cc(N(c3ccccc3)c3ccccc3)c2)cc1. The molecule has 0 spiro atoms. The number of pyridine rings is 3. The molecule has 636 valence electrons. The van der Waals surface area contributed by atoms with Crippen LogP contribution in [-0.4, -0.2) is 15.0 Å². The largest absolute Gasteiger partial charge is 3.00 e. The first kappa shape index (κ1) is 86.6. The van der Waals surface area contributed by atoms with Gasteiger partial charge in [0, 0.05) is 138 Å². The molecule has 0 fully saturated rings. The van der Waals surface area contributed by atoms with Gasteiger partial charge in [-0.25, -0.2) is 0 Å². The van der Waals surface area contributed by atoms with Gasteiger partial charge in [-0.3, -0.25) is 15.0 Å². The summed E-state index contributed by atoms with van der Waals surface area (Å²) in [4.78, 5) is 27.8. The average molecular weight is 1890 g/mol. The predicted molar refractivity (Wildman–Crippen MR) is 553 cm³/mol. The van der Waals surface area contributed by atoms with E-state index in [1.807, 2.05) is 55.0 Å². The number of benzene rings is 18. The molecule has 0 bridgehead atoms. The van der Waals surface area contributed by atoms with Gasteiger partial charge in [0.25, 0.3) is 0 Å². The molecule has 0 atom stereocenters. The van der Waals surface area contributed by atoms with Gasteiger partial charge in [-0.15, -0.1) is 0 Å². The molecule has 0 aliphatic rings. The normalized spacial score (nSPS) is 10.6. The Kier molecular flexibility index (Phi) is 27.8. The zero-order chi connectivity index (χ0) is 88.7. The van der Waals surface area contributed by atoms with Gasteiger partial charge in [0.2, 0.25) is 0 Å². The van der Waals surface area contributed by atoms with Crippen LogP contribution in [0.1, 0.15) is 0 Å². The molecule has 3 aromatic heterocycles. The molecule has 0 unspecified atom stereocenters. The average Bonchev–Trinajstić information content (AvgIpc) is 0.778. The summed E-state index contributed by atoms with van der Waals surface area (Å²) < 4.78 is 0. The van der Waals surface area contributed by atoms with Gasteiger partial charge in [0.15, 0.2) is 0 Å². The second-order valence-electron chi connectivity index (χ2n) is 31.6. The molecule has 0 amide bonds. The second kappa shape index (κ2) is 42.6. The van der Waals surface area contributed by atoms with E-state index < -0.39 is 0 Å². The van der Waals surface area contributed by atoms with Gasteiger partial charge < -0.3 is 29.4 Å². The molecule has 0 N–H and O–H groups in total. The Morgan fingerprint density at radius 3 is 0.391 bits per heavy atom. The smallest absolute Gasteiger partial charge is 0.310 e. The van der Waals surface area contributed by atoms with E-state index in [1.165, 1.54) is 0 Å². The summed E-state index contributed by atoms with van der Waals surface area (Å²) in [6.07, 6.45) is 5.53. The molecule has 0 aliphatic heterocycles. The maximum Gasteiger partial charge on any atom is 3.00 e. The van der Waals surface area contributed by atoms with Gasteiger partial charge in [0.1, 0.15) is 0 Å². The molecule has 9 nitrogen and oxygen atoms in total. The quantitative estimate of drug-likeness (QED) is 0.0589. The van der Waals surface area contributed by atoms with Crippen molar-refractivity contribution in [1.29, 1.82) is 0 Å². The number of aromatic nitrogens is 3. The Labute approximate surface area is 792 Å². The van der Waals surface area contributed by atoms with E-state index in [2.05, 4.69) is 554 Å². The number of nitrogens with zero attached hydrogens (tertiary/aromatic N) is 9. The van der Waals surface area contributed by atoms with Crippen LogP contribution in [0.3, 0.4) is 0 Å². The number of anilines is 18. The summed E-state index contributed by atoms with van der Waals surface area (Å²) in [6.45, 7) is 0. The van der Waals surface area contributed by atoms with Crippen molar-refractivity contribution in [3.05, 3.63) is 565 Å². The number of hydrogen-bond acceptors (Lipinski definition) is 9. The molecule has 0 saturated carbocycles. The summed E-state index contributed by atoms with van der Waals surface area (Å²) in [5.41, 5.74) is 32.3. The van der Waals surface area contributed by atoms with Crippen LogP contribution >= 0.6 is 0 Å². The van der Waals surface area contributed by atoms with E-state index in [-0.39, 0.29) is 20.1 Å². The first-order chi connectivity index (χ1) is 65.5. The second-order valence-corrected chi connectivity index (χ2v) is 31.6. The molecular formula is C123H93IrN9+3. The van der Waals surface area contributed by atoms with Crippen molar-refractivity contribution in [2.75, 3.05) is 29.4 Å². The minimum absolute atomic E-state index is 0. The van der Waals surface area contributed by atoms with Crippen LogP contribution in [-0.2, 0) is 20.1 Å². The zero-order valence-corrected chi connectivity index (χ0v) is 75.4. The fourth-order valence-electron chi connectivity index (χ4n) is 16.8. The Balaban J connectivity index is 0.000000133. The van der Waals surface area contributed by atoms with E-state index in [1.54, 1.807) is 0 Å². The third kappa shape index (κ3) is 20.9. The molecule has 10 heteroatoms. The summed E-state index contributed by atoms with van der Waals surface area (Å²) >= 11 is 0. The van der Waals surface area contributed by atoms with Crippen molar-refractivity contribution in [2.24, 2.45) is 0 Å². The summed E-state index contributed by atoms with van der Waals surface area (Å²) in [6, 6.07) is 191. The first-order valence-electron chi connectivity index (χ1n) is 44.4. The topological polar surface area (TPSA) is 58.1 Å². The Morgan fingerprint density at radius 1 is 0.105 bits per heavy atom. The molecule has 21 aromatic rings. The third-order valence-corrected chi connectivity index (χ3v) is 22.9. The van der Waals surface area contributed by atoms with Crippen LogP contribution < -0.4 is 29.4 Å². The van der Waals surface area contributed by atoms with Crippen molar-refractivity contribution in [3.8, 4) is 67.2 Å². The maximum absolute atomic E-state index is 4.62. The summed E-state index contributed by atoms with van der Waals surface area (Å²) in [5.74, 6) is 0. The maximum atomic E-state index is 4.62. The van der Waals surface area contributed by atoms with E-state index in [4.69, 9.17) is 0 Å². The molecule has 0 saturated heterocycles. The van der Waals surface area contributed by atoms with E-state index >= 15 is 0 Å². The van der Waals surface area contributed by atoms with Crippen LogP contribution in [0.5, 0.6) is 0 Å². The monoisotopic (exact) mass is 1890 g/mol. The van der Waals surface area contributed by atoms with Crippen molar-refractivity contribution >= 4 is 102 Å². The van der Waals surface area contributed by atoms with Gasteiger partial charge in [-0.05, 0) is 288 Å². The first-order valence-corrected chi connectivity index (χ1v) is 44.4. The molecule has 133 heavy (non-hydrogen) atoms. The third-order valence-electron chi connectivity index (χ3n) is 22.9. The number of rotatable bonds is 24. The van der Waals surface area contributed by atoms with Gasteiger partial charge >= 0.3 is 20.1 Å². The van der Waals surface area contributed by atoms with Gasteiger partial charge in [-0.1, -0.05) is 291 Å². The van der Waals surface area contributed by atoms with E-state index in [0.29, 0.717) is 0 Å². The van der Waals surface area contributed by atoms with Crippen LogP contribution in [0.4, 0.5) is 102 Å². The molecule has 18 aromatic carbocycles. The Morgan fingerprint density at radius 2 is 0.248 bits per heavy atom. The van der Waals surface area contributed by atoms with Crippen molar-refractivity contribution in [3.63, 3.8) is 0 Å². The fraction of sp³-hybridized carbons (Fsp3) is 0. The number of hydrogen-bond donors (Lipinski definition) is 0. The predicted octanol–water partition coefficient (Wildman–Crippen LogP) is 34.1. The van der Waals surface area contributed by atoms with Gasteiger partial charge in [0.05, 0.1) is 17.1 Å². The minimum atomic E-state index is 0. The molecule has 21 rings (SSSR count). The Hall–Kier alpha value is -17.1. The van der Waals surface area contributed by atoms with Crippen LogP contribution in [0, 0.1) is 0 Å². The van der Waals surface area contributed by atoms with E-state index in [9.17, 15) is 0 Å². The van der Waals surface area contributed by atoms with Crippen LogP contribution in [0.2, 0.25) is 0 Å². The molecule has 0 radical (unpaired) electrons. The van der Waals surface area contributed by atoms with Gasteiger partial charge in [-0.2, -0.15) is 0 Å². The summed E-state index contributed by atoms with van der Waals surface area (Å²) in [5, 5.41) is 0. The molecule has 3 heterocycles. The van der Waals surface area contributed by atoms with Crippen LogP contribution in [0.15, 0.2) is 565 Å².